The molecular formula is C15H11BrN4O4. The zero-order valence-corrected chi connectivity index (χ0v) is 13.7. The first kappa shape index (κ1) is 15.9. The summed E-state index contributed by atoms with van der Waals surface area (Å²) >= 11 is 3.31. The van der Waals surface area contributed by atoms with E-state index in [2.05, 4.69) is 36.5 Å². The summed E-state index contributed by atoms with van der Waals surface area (Å²) in [6.07, 6.45) is 1.46. The molecule has 0 bridgehead atoms. The minimum absolute atomic E-state index is 0.0678. The van der Waals surface area contributed by atoms with Crippen molar-refractivity contribution < 1.29 is 19.1 Å². The maximum absolute atomic E-state index is 11.7. The second kappa shape index (κ2) is 6.67. The van der Waals surface area contributed by atoms with E-state index < -0.39 is 11.8 Å². The van der Waals surface area contributed by atoms with E-state index in [1.807, 2.05) is 0 Å². The molecule has 0 spiro atoms. The van der Waals surface area contributed by atoms with Gasteiger partial charge in [-0.15, -0.1) is 10.2 Å². The predicted octanol–water partition coefficient (Wildman–Crippen LogP) is 3.16. The minimum Gasteiger partial charge on any atom is -0.493 e. The van der Waals surface area contributed by atoms with Crippen molar-refractivity contribution in [2.75, 3.05) is 0 Å². The van der Waals surface area contributed by atoms with Crippen molar-refractivity contribution in [2.24, 2.45) is 10.2 Å². The molecule has 0 unspecified atom stereocenters. The molecule has 122 valence electrons. The number of aromatic amines is 1. The van der Waals surface area contributed by atoms with Gasteiger partial charge in [0.15, 0.2) is 5.69 Å². The van der Waals surface area contributed by atoms with Crippen LogP contribution in [0.5, 0.6) is 5.88 Å². The molecule has 0 aliphatic heterocycles. The van der Waals surface area contributed by atoms with Crippen LogP contribution in [0, 0.1) is 0 Å². The molecule has 2 heterocycles. The molecule has 0 saturated carbocycles. The van der Waals surface area contributed by atoms with Crippen LogP contribution < -0.4 is 5.32 Å². The Morgan fingerprint density at radius 2 is 2.17 bits per heavy atom. The number of carbonyl (C=O) groups is 2. The molecule has 1 aromatic carbocycles. The zero-order valence-electron chi connectivity index (χ0n) is 12.1. The van der Waals surface area contributed by atoms with Crippen molar-refractivity contribution in [1.82, 2.24) is 10.3 Å². The second-order valence-electron chi connectivity index (χ2n) is 4.78. The van der Waals surface area contributed by atoms with E-state index in [1.165, 1.54) is 6.26 Å². The van der Waals surface area contributed by atoms with E-state index in [0.29, 0.717) is 16.7 Å². The Kier molecular flexibility index (Phi) is 4.43. The summed E-state index contributed by atoms with van der Waals surface area (Å²) in [6, 6.07) is 8.55. The summed E-state index contributed by atoms with van der Waals surface area (Å²) < 4.78 is 5.81. The lowest BCUT2D eigenvalue weighted by atomic mass is 10.2. The van der Waals surface area contributed by atoms with Crippen LogP contribution in [0.2, 0.25) is 0 Å². The number of nitrogens with zero attached hydrogens (tertiary/aromatic N) is 2. The standard InChI is InChI=1S/C15H11BrN4O4/c16-8-3-4-11-10(6-8)12(13(21)18-11)19-20-15(23)14(22)17-7-9-2-1-5-24-9/h1-6,18,21H,7H2,(H,17,22). The first-order chi connectivity index (χ1) is 11.5. The van der Waals surface area contributed by atoms with E-state index in [1.54, 1.807) is 30.3 Å². The molecule has 0 atom stereocenters. The van der Waals surface area contributed by atoms with E-state index in [0.717, 1.165) is 4.47 Å². The van der Waals surface area contributed by atoms with E-state index in [4.69, 9.17) is 4.42 Å². The number of rotatable bonds is 3. The van der Waals surface area contributed by atoms with Crippen LogP contribution in [0.4, 0.5) is 5.69 Å². The van der Waals surface area contributed by atoms with E-state index in [-0.39, 0.29) is 18.1 Å². The Morgan fingerprint density at radius 1 is 1.33 bits per heavy atom. The normalized spacial score (nSPS) is 11.2. The number of carbonyl (C=O) groups excluding carboxylic acids is 2. The van der Waals surface area contributed by atoms with Crippen molar-refractivity contribution in [2.45, 2.75) is 6.54 Å². The maximum Gasteiger partial charge on any atom is 0.353 e. The summed E-state index contributed by atoms with van der Waals surface area (Å²) in [5, 5.41) is 19.8. The van der Waals surface area contributed by atoms with Crippen LogP contribution in [-0.4, -0.2) is 21.9 Å². The molecule has 0 aliphatic carbocycles. The number of aromatic nitrogens is 1. The molecule has 3 N–H and O–H groups in total. The number of halogens is 1. The maximum atomic E-state index is 11.7. The Labute approximate surface area is 143 Å². The SMILES string of the molecule is O=C(N=Nc1c(O)[nH]c2ccc(Br)cc12)C(=O)NCc1ccco1. The van der Waals surface area contributed by atoms with Gasteiger partial charge >= 0.3 is 11.8 Å². The average Bonchev–Trinajstić information content (AvgIpc) is 3.17. The van der Waals surface area contributed by atoms with Gasteiger partial charge in [0.25, 0.3) is 0 Å². The third-order valence-corrected chi connectivity index (χ3v) is 3.65. The third-order valence-electron chi connectivity index (χ3n) is 3.15. The third kappa shape index (κ3) is 3.35. The predicted molar refractivity (Wildman–Crippen MR) is 87.7 cm³/mol. The summed E-state index contributed by atoms with van der Waals surface area (Å²) in [5.41, 5.74) is 0.706. The summed E-state index contributed by atoms with van der Waals surface area (Å²) in [6.45, 7) is 0.0678. The van der Waals surface area contributed by atoms with Gasteiger partial charge in [-0.25, -0.2) is 0 Å². The zero-order chi connectivity index (χ0) is 17.1. The van der Waals surface area contributed by atoms with Crippen LogP contribution >= 0.6 is 15.9 Å². The van der Waals surface area contributed by atoms with Gasteiger partial charge in [0, 0.05) is 9.86 Å². The van der Waals surface area contributed by atoms with Crippen molar-refractivity contribution in [3.8, 4) is 5.88 Å². The van der Waals surface area contributed by atoms with Gasteiger partial charge < -0.3 is 19.8 Å². The first-order valence-electron chi connectivity index (χ1n) is 6.81. The fourth-order valence-electron chi connectivity index (χ4n) is 2.03. The molecule has 3 rings (SSSR count). The number of nitrogens with one attached hydrogen (secondary N) is 2. The second-order valence-corrected chi connectivity index (χ2v) is 5.69. The smallest absolute Gasteiger partial charge is 0.353 e. The molecule has 3 aromatic rings. The molecule has 0 fully saturated rings. The lowest BCUT2D eigenvalue weighted by Crippen LogP contribution is -2.28. The number of hydrogen-bond donors (Lipinski definition) is 3. The van der Waals surface area contributed by atoms with Gasteiger partial charge in [-0.1, -0.05) is 15.9 Å². The molecule has 0 aliphatic rings. The van der Waals surface area contributed by atoms with Gasteiger partial charge in [0.05, 0.1) is 18.3 Å². The van der Waals surface area contributed by atoms with Crippen molar-refractivity contribution in [1.29, 1.82) is 0 Å². The van der Waals surface area contributed by atoms with Crippen LogP contribution in [-0.2, 0) is 16.1 Å². The van der Waals surface area contributed by atoms with E-state index in [9.17, 15) is 14.7 Å². The Hall–Kier alpha value is -2.94. The fourth-order valence-corrected chi connectivity index (χ4v) is 2.40. The molecular weight excluding hydrogens is 380 g/mol. The number of benzene rings is 1. The number of aromatic hydroxyl groups is 1. The number of hydrogen-bond acceptors (Lipinski definition) is 5. The Balaban J connectivity index is 1.73. The van der Waals surface area contributed by atoms with E-state index >= 15 is 0 Å². The van der Waals surface area contributed by atoms with Crippen LogP contribution in [0.3, 0.4) is 0 Å². The van der Waals surface area contributed by atoms with Crippen molar-refractivity contribution in [3.63, 3.8) is 0 Å². The highest BCUT2D eigenvalue weighted by Crippen LogP contribution is 2.36. The number of fused-ring (bicyclic) bond motifs is 1. The summed E-state index contributed by atoms with van der Waals surface area (Å²) in [4.78, 5) is 26.1. The highest BCUT2D eigenvalue weighted by atomic mass is 79.9. The molecule has 0 saturated heterocycles. The lowest BCUT2D eigenvalue weighted by molar-refractivity contribution is -0.137. The highest BCUT2D eigenvalue weighted by Gasteiger charge is 2.15. The van der Waals surface area contributed by atoms with Crippen molar-refractivity contribution in [3.05, 3.63) is 46.8 Å². The molecule has 2 amide bonds. The summed E-state index contributed by atoms with van der Waals surface area (Å²) in [5.74, 6) is -1.73. The molecule has 9 heteroatoms. The number of amides is 2. The fraction of sp³-hybridized carbons (Fsp3) is 0.0667. The number of azo groups is 1. The molecule has 24 heavy (non-hydrogen) atoms. The first-order valence-corrected chi connectivity index (χ1v) is 7.60. The minimum atomic E-state index is -1.08. The van der Waals surface area contributed by atoms with Crippen molar-refractivity contribution >= 4 is 44.3 Å². The van der Waals surface area contributed by atoms with Crippen LogP contribution in [0.25, 0.3) is 10.9 Å². The van der Waals surface area contributed by atoms with Gasteiger partial charge in [-0.2, -0.15) is 0 Å². The van der Waals surface area contributed by atoms with Crippen LogP contribution in [0.1, 0.15) is 5.76 Å². The van der Waals surface area contributed by atoms with Gasteiger partial charge in [-0.05, 0) is 30.3 Å². The topological polar surface area (TPSA) is 120 Å². The monoisotopic (exact) mass is 390 g/mol. The molecule has 0 radical (unpaired) electrons. The Morgan fingerprint density at radius 3 is 2.92 bits per heavy atom. The quantitative estimate of drug-likeness (QED) is 0.469. The van der Waals surface area contributed by atoms with Crippen LogP contribution in [0.15, 0.2) is 55.7 Å². The largest absolute Gasteiger partial charge is 0.493 e. The lowest BCUT2D eigenvalue weighted by Gasteiger charge is -1.98. The molecule has 8 nitrogen and oxygen atoms in total. The number of furan rings is 1. The highest BCUT2D eigenvalue weighted by molar-refractivity contribution is 9.10. The summed E-state index contributed by atoms with van der Waals surface area (Å²) in [7, 11) is 0. The van der Waals surface area contributed by atoms with Gasteiger partial charge in [-0.3, -0.25) is 9.59 Å². The average molecular weight is 391 g/mol. The van der Waals surface area contributed by atoms with Gasteiger partial charge in [0.2, 0.25) is 5.88 Å². The van der Waals surface area contributed by atoms with Gasteiger partial charge in [0.1, 0.15) is 5.76 Å². The number of H-pyrrole nitrogens is 1. The Bertz CT molecular complexity index is 931. The molecule has 2 aromatic heterocycles.